The van der Waals surface area contributed by atoms with Crippen molar-refractivity contribution in [3.8, 4) is 0 Å². The zero-order chi connectivity index (χ0) is 16.7. The quantitative estimate of drug-likeness (QED) is 0.721. The van der Waals surface area contributed by atoms with Gasteiger partial charge in [0.15, 0.2) is 0 Å². The Labute approximate surface area is 144 Å². The van der Waals surface area contributed by atoms with Gasteiger partial charge >= 0.3 is 0 Å². The van der Waals surface area contributed by atoms with E-state index in [4.69, 9.17) is 0 Å². The van der Waals surface area contributed by atoms with E-state index in [9.17, 15) is 9.59 Å². The summed E-state index contributed by atoms with van der Waals surface area (Å²) in [5, 5.41) is 7.78. The van der Waals surface area contributed by atoms with Gasteiger partial charge in [0.25, 0.3) is 0 Å². The Morgan fingerprint density at radius 3 is 2.65 bits per heavy atom. The number of hydrogen-bond acceptors (Lipinski definition) is 2. The molecule has 0 aliphatic carbocycles. The van der Waals surface area contributed by atoms with Gasteiger partial charge in [-0.05, 0) is 17.9 Å². The lowest BCUT2D eigenvalue weighted by atomic mass is 10.1. The number of alkyl halides is 1. The van der Waals surface area contributed by atoms with E-state index in [1.807, 2.05) is 49.4 Å². The molecular weight excluding hydrogens is 356 g/mol. The summed E-state index contributed by atoms with van der Waals surface area (Å²) >= 11 is 3.34. The van der Waals surface area contributed by atoms with Crippen LogP contribution in [0.1, 0.15) is 26.2 Å². The Morgan fingerprint density at radius 1 is 1.13 bits per heavy atom. The molecule has 0 spiro atoms. The number of nitrogens with one attached hydrogen (secondary N) is 2. The molecule has 0 saturated heterocycles. The highest BCUT2D eigenvalue weighted by atomic mass is 79.9. The van der Waals surface area contributed by atoms with Gasteiger partial charge in [-0.3, -0.25) is 9.59 Å². The lowest BCUT2D eigenvalue weighted by Gasteiger charge is -2.11. The van der Waals surface area contributed by atoms with Gasteiger partial charge in [0.05, 0.1) is 4.83 Å². The van der Waals surface area contributed by atoms with E-state index in [1.54, 1.807) is 0 Å². The number of carbonyl (C=O) groups excluding carboxylic acids is 2. The first kappa shape index (κ1) is 17.5. The summed E-state index contributed by atoms with van der Waals surface area (Å²) in [6.07, 6.45) is 1.97. The van der Waals surface area contributed by atoms with Crippen LogP contribution in [0.15, 0.2) is 42.5 Å². The topological polar surface area (TPSA) is 58.2 Å². The van der Waals surface area contributed by atoms with Crippen molar-refractivity contribution in [3.05, 3.63) is 42.5 Å². The number of benzene rings is 2. The molecule has 2 rings (SSSR count). The van der Waals surface area contributed by atoms with Gasteiger partial charge < -0.3 is 10.6 Å². The van der Waals surface area contributed by atoms with Crippen molar-refractivity contribution in [1.29, 1.82) is 0 Å². The first-order valence-corrected chi connectivity index (χ1v) is 8.72. The zero-order valence-corrected chi connectivity index (χ0v) is 14.7. The molecule has 2 amide bonds. The summed E-state index contributed by atoms with van der Waals surface area (Å²) in [6, 6.07) is 13.7. The maximum absolute atomic E-state index is 12.1. The van der Waals surface area contributed by atoms with Crippen LogP contribution in [0, 0.1) is 0 Å². The number of hydrogen-bond donors (Lipinski definition) is 2. The predicted molar refractivity (Wildman–Crippen MR) is 97.8 cm³/mol. The number of anilines is 1. The molecule has 2 aromatic rings. The molecule has 122 valence electrons. The fourth-order valence-electron chi connectivity index (χ4n) is 2.34. The minimum Gasteiger partial charge on any atom is -0.355 e. The maximum Gasteiger partial charge on any atom is 0.233 e. The highest BCUT2D eigenvalue weighted by Crippen LogP contribution is 2.22. The highest BCUT2D eigenvalue weighted by Gasteiger charge is 2.13. The Morgan fingerprint density at radius 2 is 1.87 bits per heavy atom. The van der Waals surface area contributed by atoms with Gasteiger partial charge in [0, 0.05) is 24.0 Å². The molecule has 0 bridgehead atoms. The molecule has 0 fully saturated rings. The molecule has 5 heteroatoms. The van der Waals surface area contributed by atoms with Gasteiger partial charge in [-0.15, -0.1) is 0 Å². The lowest BCUT2D eigenvalue weighted by molar-refractivity contribution is -0.120. The van der Waals surface area contributed by atoms with Crippen LogP contribution in [0.2, 0.25) is 0 Å². The molecule has 1 atom stereocenters. The molecular formula is C18H21BrN2O2. The lowest BCUT2D eigenvalue weighted by Crippen LogP contribution is -2.33. The third-order valence-electron chi connectivity index (χ3n) is 3.54. The van der Waals surface area contributed by atoms with Gasteiger partial charge in [-0.2, -0.15) is 0 Å². The third kappa shape index (κ3) is 5.06. The van der Waals surface area contributed by atoms with Crippen LogP contribution in [-0.2, 0) is 9.59 Å². The van der Waals surface area contributed by atoms with Crippen LogP contribution in [0.5, 0.6) is 0 Å². The van der Waals surface area contributed by atoms with Crippen LogP contribution in [0.25, 0.3) is 10.8 Å². The number of fused-ring (bicyclic) bond motifs is 1. The normalized spacial score (nSPS) is 11.9. The standard InChI is InChI=1S/C18H21BrN2O2/c1-2-6-15(19)18(23)20-12-11-17(22)21-16-10-5-8-13-7-3-4-9-14(13)16/h3-5,7-10,15H,2,6,11-12H2,1H3,(H,20,23)(H,21,22). The largest absolute Gasteiger partial charge is 0.355 e. The number of rotatable bonds is 7. The van der Waals surface area contributed by atoms with Gasteiger partial charge in [-0.1, -0.05) is 65.7 Å². The van der Waals surface area contributed by atoms with Crippen LogP contribution in [-0.4, -0.2) is 23.2 Å². The SMILES string of the molecule is CCCC(Br)C(=O)NCCC(=O)Nc1cccc2ccccc12. The second-order valence-electron chi connectivity index (χ2n) is 5.37. The molecule has 4 nitrogen and oxygen atoms in total. The highest BCUT2D eigenvalue weighted by molar-refractivity contribution is 9.10. The third-order valence-corrected chi connectivity index (χ3v) is 4.42. The summed E-state index contributed by atoms with van der Waals surface area (Å²) in [4.78, 5) is 23.6. The summed E-state index contributed by atoms with van der Waals surface area (Å²) in [6.45, 7) is 2.36. The Bertz CT molecular complexity index is 682. The van der Waals surface area contributed by atoms with Gasteiger partial charge in [0.2, 0.25) is 11.8 Å². The summed E-state index contributed by atoms with van der Waals surface area (Å²) in [5.74, 6) is -0.173. The molecule has 0 aromatic heterocycles. The van der Waals surface area contributed by atoms with Crippen molar-refractivity contribution in [2.45, 2.75) is 31.0 Å². The second kappa shape index (κ2) is 8.67. The van der Waals surface area contributed by atoms with E-state index in [-0.39, 0.29) is 23.1 Å². The van der Waals surface area contributed by atoms with Crippen molar-refractivity contribution in [3.63, 3.8) is 0 Å². The molecule has 1 unspecified atom stereocenters. The zero-order valence-electron chi connectivity index (χ0n) is 13.1. The van der Waals surface area contributed by atoms with Crippen molar-refractivity contribution >= 4 is 44.2 Å². The van der Waals surface area contributed by atoms with E-state index in [0.717, 1.165) is 29.3 Å². The monoisotopic (exact) mass is 376 g/mol. The Kier molecular flexibility index (Phi) is 6.59. The number of carbonyl (C=O) groups is 2. The second-order valence-corrected chi connectivity index (χ2v) is 6.48. The molecule has 0 radical (unpaired) electrons. The first-order valence-electron chi connectivity index (χ1n) is 7.81. The van der Waals surface area contributed by atoms with Crippen LogP contribution in [0.3, 0.4) is 0 Å². The van der Waals surface area contributed by atoms with Gasteiger partial charge in [-0.25, -0.2) is 0 Å². The van der Waals surface area contributed by atoms with Crippen molar-refractivity contribution < 1.29 is 9.59 Å². The van der Waals surface area contributed by atoms with Crippen LogP contribution in [0.4, 0.5) is 5.69 Å². The Hall–Kier alpha value is -1.88. The average Bonchev–Trinajstić information content (AvgIpc) is 2.55. The summed E-state index contributed by atoms with van der Waals surface area (Å²) < 4.78 is 0. The van der Waals surface area contributed by atoms with Crippen molar-refractivity contribution in [1.82, 2.24) is 5.32 Å². The molecule has 0 aliphatic rings. The van der Waals surface area contributed by atoms with Gasteiger partial charge in [0.1, 0.15) is 0 Å². The van der Waals surface area contributed by atoms with Crippen LogP contribution >= 0.6 is 15.9 Å². The fourth-order valence-corrected chi connectivity index (χ4v) is 2.96. The fraction of sp³-hybridized carbons (Fsp3) is 0.333. The first-order chi connectivity index (χ1) is 11.1. The van der Waals surface area contributed by atoms with E-state index < -0.39 is 0 Å². The van der Waals surface area contributed by atoms with Crippen LogP contribution < -0.4 is 10.6 Å². The average molecular weight is 377 g/mol. The number of halogens is 1. The smallest absolute Gasteiger partial charge is 0.233 e. The Balaban J connectivity index is 1.86. The molecule has 23 heavy (non-hydrogen) atoms. The van der Waals surface area contributed by atoms with E-state index >= 15 is 0 Å². The maximum atomic E-state index is 12.1. The minimum atomic E-state index is -0.186. The molecule has 2 N–H and O–H groups in total. The van der Waals surface area contributed by atoms with E-state index in [2.05, 4.69) is 26.6 Å². The predicted octanol–water partition coefficient (Wildman–Crippen LogP) is 3.85. The molecule has 0 saturated carbocycles. The molecule has 2 aromatic carbocycles. The summed E-state index contributed by atoms with van der Waals surface area (Å²) in [5.41, 5.74) is 0.795. The summed E-state index contributed by atoms with van der Waals surface area (Å²) in [7, 11) is 0. The van der Waals surface area contributed by atoms with E-state index in [1.165, 1.54) is 0 Å². The minimum absolute atomic E-state index is 0.0650. The number of amides is 2. The molecule has 0 aliphatic heterocycles. The van der Waals surface area contributed by atoms with E-state index in [0.29, 0.717) is 6.54 Å². The van der Waals surface area contributed by atoms with Crippen molar-refractivity contribution in [2.24, 2.45) is 0 Å². The molecule has 0 heterocycles. The van der Waals surface area contributed by atoms with Crippen molar-refractivity contribution in [2.75, 3.05) is 11.9 Å².